The first-order valence-electron chi connectivity index (χ1n) is 6.94. The van der Waals surface area contributed by atoms with E-state index in [1.165, 1.54) is 12.8 Å². The molecule has 2 nitrogen and oxygen atoms in total. The smallest absolute Gasteiger partial charge is 0.0503 e. The first-order valence-corrected chi connectivity index (χ1v) is 8.70. The summed E-state index contributed by atoms with van der Waals surface area (Å²) >= 11 is 6.23. The molecule has 1 aromatic rings. The van der Waals surface area contributed by atoms with Crippen LogP contribution in [0, 0.1) is 5.92 Å². The summed E-state index contributed by atoms with van der Waals surface area (Å²) in [6.07, 6.45) is 4.66. The summed E-state index contributed by atoms with van der Waals surface area (Å²) in [5.41, 5.74) is 7.58. The number of benzene rings is 1. The van der Waals surface area contributed by atoms with Crippen LogP contribution in [0.15, 0.2) is 18.2 Å². The third-order valence-electron chi connectivity index (χ3n) is 3.91. The number of halogens is 1. The van der Waals surface area contributed by atoms with E-state index in [0.29, 0.717) is 28.5 Å². The molecule has 3 atom stereocenters. The second kappa shape index (κ2) is 6.87. The first kappa shape index (κ1) is 15.0. The van der Waals surface area contributed by atoms with Gasteiger partial charge in [0.05, 0.1) is 5.75 Å². The van der Waals surface area contributed by atoms with Crippen molar-refractivity contribution >= 4 is 22.4 Å². The van der Waals surface area contributed by atoms with E-state index >= 15 is 0 Å². The van der Waals surface area contributed by atoms with Gasteiger partial charge in [-0.2, -0.15) is 0 Å². The normalized spacial score (nSPS) is 25.2. The van der Waals surface area contributed by atoms with Crippen LogP contribution in [0.5, 0.6) is 0 Å². The summed E-state index contributed by atoms with van der Waals surface area (Å²) in [4.78, 5) is 0. The molecule has 4 heteroatoms. The molecule has 0 aliphatic heterocycles. The molecule has 1 fully saturated rings. The summed E-state index contributed by atoms with van der Waals surface area (Å²) < 4.78 is 12.4. The average Bonchev–Trinajstić information content (AvgIpc) is 2.41. The van der Waals surface area contributed by atoms with Gasteiger partial charge < -0.3 is 5.73 Å². The van der Waals surface area contributed by atoms with E-state index in [0.717, 1.165) is 24.0 Å². The molecule has 3 unspecified atom stereocenters. The Hall–Kier alpha value is -0.380. The van der Waals surface area contributed by atoms with Crippen LogP contribution in [0.4, 0.5) is 0 Å². The van der Waals surface area contributed by atoms with Gasteiger partial charge in [-0.3, -0.25) is 4.21 Å². The van der Waals surface area contributed by atoms with E-state index in [2.05, 4.69) is 6.92 Å². The largest absolute Gasteiger partial charge is 0.326 e. The highest BCUT2D eigenvalue weighted by atomic mass is 35.5. The predicted molar refractivity (Wildman–Crippen MR) is 82.6 cm³/mol. The monoisotopic (exact) mass is 299 g/mol. The SMILES string of the molecule is CC1CCCC(S(=O)Cc2ccc(CN)cc2Cl)C1. The topological polar surface area (TPSA) is 43.1 Å². The van der Waals surface area contributed by atoms with Gasteiger partial charge in [-0.05, 0) is 36.0 Å². The summed E-state index contributed by atoms with van der Waals surface area (Å²) in [7, 11) is -0.813. The molecule has 0 aromatic heterocycles. The van der Waals surface area contributed by atoms with Gasteiger partial charge in [-0.1, -0.05) is 43.5 Å². The van der Waals surface area contributed by atoms with Gasteiger partial charge >= 0.3 is 0 Å². The molecular weight excluding hydrogens is 278 g/mol. The van der Waals surface area contributed by atoms with Crippen molar-refractivity contribution in [3.8, 4) is 0 Å². The Labute approximate surface area is 123 Å². The Morgan fingerprint density at radius 3 is 2.84 bits per heavy atom. The Morgan fingerprint density at radius 1 is 1.42 bits per heavy atom. The molecule has 1 saturated carbocycles. The maximum atomic E-state index is 12.4. The molecule has 0 heterocycles. The van der Waals surface area contributed by atoms with Crippen molar-refractivity contribution < 1.29 is 4.21 Å². The minimum absolute atomic E-state index is 0.342. The van der Waals surface area contributed by atoms with E-state index in [9.17, 15) is 4.21 Å². The molecule has 106 valence electrons. The van der Waals surface area contributed by atoms with Crippen molar-refractivity contribution in [2.45, 2.75) is 50.2 Å². The molecule has 0 radical (unpaired) electrons. The molecule has 0 amide bonds. The Morgan fingerprint density at radius 2 is 2.21 bits per heavy atom. The van der Waals surface area contributed by atoms with Crippen molar-refractivity contribution in [2.24, 2.45) is 11.7 Å². The van der Waals surface area contributed by atoms with Crippen LogP contribution in [0.25, 0.3) is 0 Å². The minimum atomic E-state index is -0.813. The van der Waals surface area contributed by atoms with Crippen LogP contribution in [-0.4, -0.2) is 9.46 Å². The van der Waals surface area contributed by atoms with Crippen molar-refractivity contribution in [1.29, 1.82) is 0 Å². The molecule has 2 N–H and O–H groups in total. The van der Waals surface area contributed by atoms with Crippen LogP contribution in [0.3, 0.4) is 0 Å². The lowest BCUT2D eigenvalue weighted by atomic mass is 9.91. The zero-order valence-electron chi connectivity index (χ0n) is 11.4. The summed E-state index contributed by atoms with van der Waals surface area (Å²) in [6, 6.07) is 5.83. The van der Waals surface area contributed by atoms with E-state index in [1.54, 1.807) is 0 Å². The third kappa shape index (κ3) is 4.04. The molecule has 0 spiro atoms. The zero-order chi connectivity index (χ0) is 13.8. The summed E-state index contributed by atoms with van der Waals surface area (Å²) in [5, 5.41) is 1.04. The highest BCUT2D eigenvalue weighted by molar-refractivity contribution is 7.84. The molecule has 0 bridgehead atoms. The van der Waals surface area contributed by atoms with Crippen molar-refractivity contribution in [3.05, 3.63) is 34.3 Å². The molecule has 1 aromatic carbocycles. The fourth-order valence-corrected chi connectivity index (χ4v) is 4.84. The van der Waals surface area contributed by atoms with Crippen LogP contribution in [-0.2, 0) is 23.1 Å². The highest BCUT2D eigenvalue weighted by Crippen LogP contribution is 2.29. The van der Waals surface area contributed by atoms with E-state index in [-0.39, 0.29) is 0 Å². The molecule has 1 aliphatic rings. The predicted octanol–water partition coefficient (Wildman–Crippen LogP) is 3.63. The Balaban J connectivity index is 2.02. The van der Waals surface area contributed by atoms with Crippen LogP contribution < -0.4 is 5.73 Å². The third-order valence-corrected chi connectivity index (χ3v) is 6.03. The quantitative estimate of drug-likeness (QED) is 0.922. The Kier molecular flexibility index (Phi) is 5.43. The van der Waals surface area contributed by atoms with Crippen LogP contribution in [0.1, 0.15) is 43.7 Å². The van der Waals surface area contributed by atoms with Gasteiger partial charge in [-0.25, -0.2) is 0 Å². The first-order chi connectivity index (χ1) is 9.10. The average molecular weight is 300 g/mol. The maximum absolute atomic E-state index is 12.4. The van der Waals surface area contributed by atoms with Crippen LogP contribution >= 0.6 is 11.6 Å². The molecule has 19 heavy (non-hydrogen) atoms. The Bertz CT molecular complexity index is 463. The molecule has 2 rings (SSSR count). The molecule has 1 aliphatic carbocycles. The number of hydrogen-bond donors (Lipinski definition) is 1. The van der Waals surface area contributed by atoms with Gasteiger partial charge in [0.1, 0.15) is 0 Å². The van der Waals surface area contributed by atoms with E-state index in [1.807, 2.05) is 18.2 Å². The number of hydrogen-bond acceptors (Lipinski definition) is 2. The van der Waals surface area contributed by atoms with Gasteiger partial charge in [0.25, 0.3) is 0 Å². The second-order valence-electron chi connectivity index (χ2n) is 5.55. The van der Waals surface area contributed by atoms with Gasteiger partial charge in [-0.15, -0.1) is 0 Å². The van der Waals surface area contributed by atoms with Crippen molar-refractivity contribution in [3.63, 3.8) is 0 Å². The lowest BCUT2D eigenvalue weighted by Crippen LogP contribution is -2.24. The van der Waals surface area contributed by atoms with E-state index in [4.69, 9.17) is 17.3 Å². The fraction of sp³-hybridized carbons (Fsp3) is 0.600. The fourth-order valence-electron chi connectivity index (χ4n) is 2.72. The summed E-state index contributed by atoms with van der Waals surface area (Å²) in [5.74, 6) is 1.28. The zero-order valence-corrected chi connectivity index (χ0v) is 13.0. The number of nitrogens with two attached hydrogens (primary N) is 1. The molecule has 0 saturated heterocycles. The minimum Gasteiger partial charge on any atom is -0.326 e. The number of rotatable bonds is 4. The highest BCUT2D eigenvalue weighted by Gasteiger charge is 2.24. The standard InChI is InChI=1S/C15H22ClNOS/c1-11-3-2-4-14(7-11)19(18)10-13-6-5-12(9-17)8-15(13)16/h5-6,8,11,14H,2-4,7,9-10,17H2,1H3. The lowest BCUT2D eigenvalue weighted by Gasteiger charge is -2.26. The van der Waals surface area contributed by atoms with E-state index < -0.39 is 10.8 Å². The lowest BCUT2D eigenvalue weighted by molar-refractivity contribution is 0.389. The second-order valence-corrected chi connectivity index (χ2v) is 7.67. The maximum Gasteiger partial charge on any atom is 0.0503 e. The van der Waals surface area contributed by atoms with Gasteiger partial charge in [0.15, 0.2) is 0 Å². The van der Waals surface area contributed by atoms with Crippen molar-refractivity contribution in [1.82, 2.24) is 0 Å². The van der Waals surface area contributed by atoms with Gasteiger partial charge in [0.2, 0.25) is 0 Å². The summed E-state index contributed by atoms with van der Waals surface area (Å²) in [6.45, 7) is 2.75. The molecular formula is C15H22ClNOS. The van der Waals surface area contributed by atoms with Gasteiger partial charge in [0, 0.05) is 27.6 Å². The van der Waals surface area contributed by atoms with Crippen molar-refractivity contribution in [2.75, 3.05) is 0 Å². The van der Waals surface area contributed by atoms with Crippen LogP contribution in [0.2, 0.25) is 5.02 Å².